The number of fused-ring (bicyclic) bond motifs is 1. The summed E-state index contributed by atoms with van der Waals surface area (Å²) < 4.78 is 3.26. The van der Waals surface area contributed by atoms with E-state index in [1.165, 1.54) is 28.4 Å². The first-order valence-corrected chi connectivity index (χ1v) is 11.6. The van der Waals surface area contributed by atoms with Crippen LogP contribution in [0.1, 0.15) is 6.92 Å². The first kappa shape index (κ1) is 22.6. The Morgan fingerprint density at radius 3 is 2.62 bits per heavy atom. The predicted molar refractivity (Wildman–Crippen MR) is 116 cm³/mol. The first-order valence-electron chi connectivity index (χ1n) is 8.57. The van der Waals surface area contributed by atoms with Crippen LogP contribution in [0.4, 0.5) is 0 Å². The highest BCUT2D eigenvalue weighted by atomic mass is 35.6. The van der Waals surface area contributed by atoms with E-state index in [9.17, 15) is 14.4 Å². The van der Waals surface area contributed by atoms with E-state index in [1.807, 2.05) is 37.3 Å². The Hall–Kier alpha value is -1.06. The molecule has 1 aromatic rings. The number of esters is 1. The minimum Gasteiger partial charge on any atom is -0.456 e. The van der Waals surface area contributed by atoms with Gasteiger partial charge in [0.25, 0.3) is 5.91 Å². The van der Waals surface area contributed by atoms with Crippen molar-refractivity contribution in [1.29, 1.82) is 0 Å². The maximum absolute atomic E-state index is 12.6. The zero-order valence-electron chi connectivity index (χ0n) is 15.1. The number of benzene rings is 1. The summed E-state index contributed by atoms with van der Waals surface area (Å²) in [5.74, 6) is -1.18. The van der Waals surface area contributed by atoms with E-state index in [-0.39, 0.29) is 33.9 Å². The number of hydrogen-bond acceptors (Lipinski definition) is 6. The Kier molecular flexibility index (Phi) is 7.32. The summed E-state index contributed by atoms with van der Waals surface area (Å²) in [5.41, 5.74) is 0.102. The van der Waals surface area contributed by atoms with Gasteiger partial charge in [0.05, 0.1) is 5.75 Å². The van der Waals surface area contributed by atoms with Crippen molar-refractivity contribution in [2.45, 2.75) is 32.3 Å². The van der Waals surface area contributed by atoms with Crippen molar-refractivity contribution in [2.75, 3.05) is 12.4 Å². The molecule has 0 radical (unpaired) electrons. The molecule has 2 heterocycles. The van der Waals surface area contributed by atoms with Crippen LogP contribution in [-0.2, 0) is 19.1 Å². The number of nitrogens with zero attached hydrogens (tertiary/aromatic N) is 1. The molecular formula is C18H17Cl3N2O4S2. The highest BCUT2D eigenvalue weighted by Gasteiger charge is 2.54. The van der Waals surface area contributed by atoms with Gasteiger partial charge in [-0.1, -0.05) is 53.0 Å². The monoisotopic (exact) mass is 494 g/mol. The average Bonchev–Trinajstić information content (AvgIpc) is 2.68. The van der Waals surface area contributed by atoms with E-state index in [2.05, 4.69) is 5.32 Å². The van der Waals surface area contributed by atoms with E-state index in [4.69, 9.17) is 39.5 Å². The lowest BCUT2D eigenvalue weighted by atomic mass is 10.0. The van der Waals surface area contributed by atoms with Crippen molar-refractivity contribution in [3.8, 4) is 0 Å². The van der Waals surface area contributed by atoms with E-state index < -0.39 is 22.4 Å². The van der Waals surface area contributed by atoms with Crippen molar-refractivity contribution >= 4 is 76.1 Å². The Balaban J connectivity index is 1.58. The van der Waals surface area contributed by atoms with Crippen LogP contribution in [0.2, 0.25) is 0 Å². The maximum Gasteiger partial charge on any atom is 0.354 e. The third kappa shape index (κ3) is 5.76. The number of hydrogen-bond donors (Lipinski definition) is 1. The molecule has 0 aromatic heterocycles. The van der Waals surface area contributed by atoms with E-state index >= 15 is 0 Å². The lowest BCUT2D eigenvalue weighted by Crippen LogP contribution is -2.70. The molecule has 0 aliphatic carbocycles. The fourth-order valence-corrected chi connectivity index (χ4v) is 5.05. The van der Waals surface area contributed by atoms with E-state index in [0.717, 1.165) is 4.90 Å². The largest absolute Gasteiger partial charge is 0.456 e. The minimum atomic E-state index is -1.74. The molecule has 0 saturated carbocycles. The molecule has 6 nitrogen and oxygen atoms in total. The van der Waals surface area contributed by atoms with Crippen LogP contribution in [-0.4, -0.2) is 55.5 Å². The number of nitrogens with one attached hydrogen (secondary N) is 1. The summed E-state index contributed by atoms with van der Waals surface area (Å²) >= 11 is 19.7. The fraction of sp³-hybridized carbons (Fsp3) is 0.389. The average molecular weight is 496 g/mol. The van der Waals surface area contributed by atoms with Gasteiger partial charge in [0.1, 0.15) is 23.7 Å². The van der Waals surface area contributed by atoms with Crippen molar-refractivity contribution in [3.63, 3.8) is 0 Å². The number of halogens is 3. The number of alkyl halides is 3. The molecule has 2 aliphatic rings. The Bertz CT molecular complexity index is 832. The van der Waals surface area contributed by atoms with Gasteiger partial charge in [0, 0.05) is 10.1 Å². The summed E-state index contributed by atoms with van der Waals surface area (Å²) in [6.45, 7) is 1.45. The zero-order valence-corrected chi connectivity index (χ0v) is 19.0. The number of thioether (sulfide) groups is 2. The van der Waals surface area contributed by atoms with Gasteiger partial charge >= 0.3 is 5.97 Å². The molecule has 156 valence electrons. The molecule has 0 bridgehead atoms. The van der Waals surface area contributed by atoms with Gasteiger partial charge in [-0.3, -0.25) is 14.5 Å². The van der Waals surface area contributed by atoms with Crippen LogP contribution in [0.5, 0.6) is 0 Å². The number of carbonyl (C=O) groups excluding carboxylic acids is 3. The minimum absolute atomic E-state index is 0.0576. The van der Waals surface area contributed by atoms with Crippen LogP contribution >= 0.6 is 58.3 Å². The second-order valence-corrected chi connectivity index (χ2v) is 11.4. The summed E-state index contributed by atoms with van der Waals surface area (Å²) in [5, 5.41) is 2.31. The standard InChI is InChI=1S/C18H17Cl3N2O4S2/c1-10-7-12(17(26)27-9-18(19,20)21)23-15(25)14(16(23)29-10)22-13(24)8-28-11-5-3-2-4-6-11/h2-7,10,14,16H,8-9H2,1H3,(H,22,24). The van der Waals surface area contributed by atoms with Crippen LogP contribution < -0.4 is 5.32 Å². The molecule has 29 heavy (non-hydrogen) atoms. The van der Waals surface area contributed by atoms with Crippen molar-refractivity contribution in [1.82, 2.24) is 10.2 Å². The molecule has 11 heteroatoms. The topological polar surface area (TPSA) is 75.7 Å². The second kappa shape index (κ2) is 9.39. The smallest absolute Gasteiger partial charge is 0.354 e. The van der Waals surface area contributed by atoms with Crippen molar-refractivity contribution in [3.05, 3.63) is 42.1 Å². The SMILES string of the molecule is CC1C=C(C(=O)OCC(Cl)(Cl)Cl)N2C(=O)C(NC(=O)CSc3ccccc3)C2S1. The number of β-lactam (4-membered cyclic amide) rings is 1. The molecule has 1 aromatic carbocycles. The number of carbonyl (C=O) groups is 3. The molecular weight excluding hydrogens is 479 g/mol. The van der Waals surface area contributed by atoms with Gasteiger partial charge in [0.15, 0.2) is 0 Å². The van der Waals surface area contributed by atoms with Gasteiger partial charge < -0.3 is 10.1 Å². The van der Waals surface area contributed by atoms with Crippen LogP contribution in [0.3, 0.4) is 0 Å². The third-order valence-electron chi connectivity index (χ3n) is 4.05. The number of rotatable bonds is 6. The molecule has 2 amide bonds. The highest BCUT2D eigenvalue weighted by Crippen LogP contribution is 2.41. The molecule has 3 unspecified atom stereocenters. The van der Waals surface area contributed by atoms with Gasteiger partial charge in [-0.05, 0) is 25.1 Å². The fourth-order valence-electron chi connectivity index (χ4n) is 2.82. The van der Waals surface area contributed by atoms with Gasteiger partial charge in [-0.25, -0.2) is 4.79 Å². The number of ether oxygens (including phenoxy) is 1. The van der Waals surface area contributed by atoms with E-state index in [0.29, 0.717) is 0 Å². The molecule has 2 aliphatic heterocycles. The maximum atomic E-state index is 12.6. The quantitative estimate of drug-likeness (QED) is 0.282. The summed E-state index contributed by atoms with van der Waals surface area (Å²) in [7, 11) is 0. The predicted octanol–water partition coefficient (Wildman–Crippen LogP) is 3.36. The van der Waals surface area contributed by atoms with Gasteiger partial charge in [0.2, 0.25) is 9.70 Å². The molecule has 0 spiro atoms. The van der Waals surface area contributed by atoms with Gasteiger partial charge in [-0.15, -0.1) is 23.5 Å². The van der Waals surface area contributed by atoms with Crippen LogP contribution in [0.25, 0.3) is 0 Å². The zero-order chi connectivity index (χ0) is 21.2. The second-order valence-electron chi connectivity index (χ2n) is 6.33. The molecule has 1 saturated heterocycles. The molecule has 1 N–H and O–H groups in total. The van der Waals surface area contributed by atoms with E-state index in [1.54, 1.807) is 6.08 Å². The van der Waals surface area contributed by atoms with Crippen LogP contribution in [0.15, 0.2) is 47.0 Å². The normalized spacial score (nSPS) is 23.6. The Morgan fingerprint density at radius 2 is 1.97 bits per heavy atom. The van der Waals surface area contributed by atoms with Gasteiger partial charge in [-0.2, -0.15) is 0 Å². The summed E-state index contributed by atoms with van der Waals surface area (Å²) in [4.78, 5) is 39.5. The highest BCUT2D eigenvalue weighted by molar-refractivity contribution is 8.00. The van der Waals surface area contributed by atoms with Crippen LogP contribution in [0, 0.1) is 0 Å². The lowest BCUT2D eigenvalue weighted by molar-refractivity contribution is -0.152. The summed E-state index contributed by atoms with van der Waals surface area (Å²) in [6, 6.07) is 8.80. The Labute approximate surface area is 191 Å². The van der Waals surface area contributed by atoms with Crippen molar-refractivity contribution < 1.29 is 19.1 Å². The molecule has 1 fully saturated rings. The number of amides is 2. The third-order valence-corrected chi connectivity index (χ3v) is 6.72. The molecule has 3 atom stereocenters. The summed E-state index contributed by atoms with van der Waals surface area (Å²) in [6.07, 6.45) is 1.63. The first-order chi connectivity index (χ1) is 13.7. The molecule has 3 rings (SSSR count). The van der Waals surface area contributed by atoms with Crippen molar-refractivity contribution in [2.24, 2.45) is 0 Å². The lowest BCUT2D eigenvalue weighted by Gasteiger charge is -2.49. The Morgan fingerprint density at radius 1 is 1.28 bits per heavy atom.